The summed E-state index contributed by atoms with van der Waals surface area (Å²) in [6, 6.07) is 5.12. The lowest BCUT2D eigenvalue weighted by Crippen LogP contribution is -2.39. The van der Waals surface area contributed by atoms with Gasteiger partial charge in [0.1, 0.15) is 18.1 Å². The molecule has 1 aromatic heterocycles. The Morgan fingerprint density at radius 1 is 1.42 bits per heavy atom. The number of nitro benzene ring substituents is 1. The first-order valence-electron chi connectivity index (χ1n) is 8.73. The molecule has 138 valence electrons. The minimum atomic E-state index is -0.410. The van der Waals surface area contributed by atoms with Gasteiger partial charge in [0.15, 0.2) is 0 Å². The highest BCUT2D eigenvalue weighted by Crippen LogP contribution is 2.37. The van der Waals surface area contributed by atoms with Gasteiger partial charge >= 0.3 is 0 Å². The van der Waals surface area contributed by atoms with Gasteiger partial charge in [-0.05, 0) is 26.3 Å². The van der Waals surface area contributed by atoms with E-state index in [1.54, 1.807) is 13.0 Å². The van der Waals surface area contributed by atoms with E-state index in [4.69, 9.17) is 14.0 Å². The van der Waals surface area contributed by atoms with E-state index in [2.05, 4.69) is 10.1 Å². The predicted molar refractivity (Wildman–Crippen MR) is 93.3 cm³/mol. The normalized spacial score (nSPS) is 22.1. The number of morpholine rings is 1. The SMILES string of the molecule is Cc1noc(C)c1-c1cc([N+](=O)[O-])ccc1OCCN1C[C@@H]2C[C@H]1CO2. The van der Waals surface area contributed by atoms with Crippen LogP contribution in [-0.2, 0) is 4.74 Å². The van der Waals surface area contributed by atoms with Crippen molar-refractivity contribution in [3.05, 3.63) is 39.8 Å². The van der Waals surface area contributed by atoms with Crippen molar-refractivity contribution in [3.63, 3.8) is 0 Å². The maximum absolute atomic E-state index is 11.2. The Kier molecular flexibility index (Phi) is 4.37. The fraction of sp³-hybridized carbons (Fsp3) is 0.500. The van der Waals surface area contributed by atoms with Crippen molar-refractivity contribution < 1.29 is 18.9 Å². The molecule has 1 aromatic carbocycles. The number of benzene rings is 1. The molecule has 0 saturated carbocycles. The average molecular weight is 359 g/mol. The molecule has 3 heterocycles. The molecular weight excluding hydrogens is 338 g/mol. The highest BCUT2D eigenvalue weighted by molar-refractivity contribution is 5.75. The molecule has 26 heavy (non-hydrogen) atoms. The van der Waals surface area contributed by atoms with Crippen LogP contribution in [0.15, 0.2) is 22.7 Å². The van der Waals surface area contributed by atoms with Crippen molar-refractivity contribution >= 4 is 5.69 Å². The van der Waals surface area contributed by atoms with Crippen LogP contribution in [0.2, 0.25) is 0 Å². The first-order chi connectivity index (χ1) is 12.5. The van der Waals surface area contributed by atoms with Crippen LogP contribution in [0, 0.1) is 24.0 Å². The van der Waals surface area contributed by atoms with E-state index in [1.807, 2.05) is 6.92 Å². The quantitative estimate of drug-likeness (QED) is 0.578. The van der Waals surface area contributed by atoms with Gasteiger partial charge in [-0.2, -0.15) is 0 Å². The molecule has 0 unspecified atom stereocenters. The van der Waals surface area contributed by atoms with Gasteiger partial charge < -0.3 is 14.0 Å². The van der Waals surface area contributed by atoms with Crippen molar-refractivity contribution in [2.45, 2.75) is 32.4 Å². The zero-order chi connectivity index (χ0) is 18.3. The Morgan fingerprint density at radius 3 is 2.88 bits per heavy atom. The largest absolute Gasteiger partial charge is 0.492 e. The predicted octanol–water partition coefficient (Wildman–Crippen LogP) is 2.72. The molecule has 2 atom stereocenters. The van der Waals surface area contributed by atoms with Crippen molar-refractivity contribution in [1.82, 2.24) is 10.1 Å². The third-order valence-corrected chi connectivity index (χ3v) is 5.13. The molecule has 0 radical (unpaired) electrons. The smallest absolute Gasteiger partial charge is 0.270 e. The summed E-state index contributed by atoms with van der Waals surface area (Å²) in [6.45, 7) is 6.67. The van der Waals surface area contributed by atoms with Gasteiger partial charge in [0.25, 0.3) is 5.69 Å². The Hall–Kier alpha value is -2.45. The maximum atomic E-state index is 11.2. The Balaban J connectivity index is 1.54. The lowest BCUT2D eigenvalue weighted by Gasteiger charge is -2.26. The van der Waals surface area contributed by atoms with Gasteiger partial charge in [0.05, 0.1) is 28.9 Å². The Labute approximate surface area is 150 Å². The lowest BCUT2D eigenvalue weighted by molar-refractivity contribution is -0.384. The van der Waals surface area contributed by atoms with Gasteiger partial charge in [-0.1, -0.05) is 5.16 Å². The maximum Gasteiger partial charge on any atom is 0.270 e. The first-order valence-corrected chi connectivity index (χ1v) is 8.73. The second-order valence-electron chi connectivity index (χ2n) is 6.83. The van der Waals surface area contributed by atoms with Crippen LogP contribution in [0.5, 0.6) is 5.75 Å². The van der Waals surface area contributed by atoms with Gasteiger partial charge in [-0.3, -0.25) is 15.0 Å². The molecule has 0 N–H and O–H groups in total. The standard InChI is InChI=1S/C18H21N3O5/c1-11-18(12(2)26-19-11)16-8-13(21(22)23)3-4-17(16)24-6-5-20-9-15-7-14(20)10-25-15/h3-4,8,14-15H,5-7,9-10H2,1-2H3/t14-,15-/m0/s1. The second-order valence-corrected chi connectivity index (χ2v) is 6.83. The number of nitrogens with zero attached hydrogens (tertiary/aromatic N) is 3. The molecular formula is C18H21N3O5. The van der Waals surface area contributed by atoms with Crippen LogP contribution >= 0.6 is 0 Å². The number of nitro groups is 1. The van der Waals surface area contributed by atoms with Crippen molar-refractivity contribution in [2.24, 2.45) is 0 Å². The average Bonchev–Trinajstić information content (AvgIpc) is 3.32. The van der Waals surface area contributed by atoms with E-state index in [1.165, 1.54) is 12.1 Å². The fourth-order valence-electron chi connectivity index (χ4n) is 3.85. The zero-order valence-electron chi connectivity index (χ0n) is 14.8. The molecule has 2 fully saturated rings. The summed E-state index contributed by atoms with van der Waals surface area (Å²) in [5, 5.41) is 15.1. The number of hydrogen-bond acceptors (Lipinski definition) is 7. The van der Waals surface area contributed by atoms with E-state index in [0.29, 0.717) is 41.5 Å². The van der Waals surface area contributed by atoms with E-state index in [-0.39, 0.29) is 5.69 Å². The van der Waals surface area contributed by atoms with E-state index < -0.39 is 4.92 Å². The zero-order valence-corrected chi connectivity index (χ0v) is 14.8. The third-order valence-electron chi connectivity index (χ3n) is 5.13. The summed E-state index contributed by atoms with van der Waals surface area (Å²) in [4.78, 5) is 13.1. The number of ether oxygens (including phenoxy) is 2. The molecule has 4 rings (SSSR count). The summed E-state index contributed by atoms with van der Waals surface area (Å²) in [5.74, 6) is 1.22. The highest BCUT2D eigenvalue weighted by Gasteiger charge is 2.38. The van der Waals surface area contributed by atoms with Crippen molar-refractivity contribution in [3.8, 4) is 16.9 Å². The minimum absolute atomic E-state index is 0.0151. The van der Waals surface area contributed by atoms with Crippen LogP contribution in [-0.4, -0.2) is 53.4 Å². The van der Waals surface area contributed by atoms with Crippen LogP contribution < -0.4 is 4.74 Å². The molecule has 2 saturated heterocycles. The van der Waals surface area contributed by atoms with Gasteiger partial charge in [0, 0.05) is 36.8 Å². The van der Waals surface area contributed by atoms with E-state index in [0.717, 1.165) is 31.7 Å². The number of non-ortho nitro benzene ring substituents is 1. The van der Waals surface area contributed by atoms with Gasteiger partial charge in [-0.25, -0.2) is 0 Å². The number of aromatic nitrogens is 1. The first kappa shape index (κ1) is 17.0. The number of fused-ring (bicyclic) bond motifs is 2. The molecule has 0 amide bonds. The minimum Gasteiger partial charge on any atom is -0.492 e. The van der Waals surface area contributed by atoms with Gasteiger partial charge in [-0.15, -0.1) is 0 Å². The summed E-state index contributed by atoms with van der Waals surface area (Å²) in [6.07, 6.45) is 1.46. The molecule has 8 nitrogen and oxygen atoms in total. The van der Waals surface area contributed by atoms with E-state index >= 15 is 0 Å². The summed E-state index contributed by atoms with van der Waals surface area (Å²) < 4.78 is 16.8. The lowest BCUT2D eigenvalue weighted by atomic mass is 10.0. The molecule has 2 aliphatic heterocycles. The number of rotatable bonds is 6. The number of hydrogen-bond donors (Lipinski definition) is 0. The highest BCUT2D eigenvalue weighted by atomic mass is 16.6. The van der Waals surface area contributed by atoms with Crippen molar-refractivity contribution in [1.29, 1.82) is 0 Å². The summed E-state index contributed by atoms with van der Waals surface area (Å²) >= 11 is 0. The van der Waals surface area contributed by atoms with Gasteiger partial charge in [0.2, 0.25) is 0 Å². The summed E-state index contributed by atoms with van der Waals surface area (Å²) in [5.41, 5.74) is 2.09. The fourth-order valence-corrected chi connectivity index (χ4v) is 3.85. The van der Waals surface area contributed by atoms with Crippen LogP contribution in [0.25, 0.3) is 11.1 Å². The Bertz CT molecular complexity index is 815. The van der Waals surface area contributed by atoms with Crippen LogP contribution in [0.3, 0.4) is 0 Å². The number of likely N-dealkylation sites (tertiary alicyclic amines) is 1. The third kappa shape index (κ3) is 3.06. The second kappa shape index (κ2) is 6.69. The topological polar surface area (TPSA) is 90.9 Å². The molecule has 8 heteroatoms. The summed E-state index contributed by atoms with van der Waals surface area (Å²) in [7, 11) is 0. The van der Waals surface area contributed by atoms with Crippen LogP contribution in [0.4, 0.5) is 5.69 Å². The monoisotopic (exact) mass is 359 g/mol. The van der Waals surface area contributed by atoms with Crippen molar-refractivity contribution in [2.75, 3.05) is 26.3 Å². The Morgan fingerprint density at radius 2 is 2.27 bits per heavy atom. The molecule has 2 aliphatic rings. The molecule has 2 bridgehead atoms. The molecule has 0 spiro atoms. The molecule has 2 aromatic rings. The number of aryl methyl sites for hydroxylation is 2. The molecule has 0 aliphatic carbocycles. The van der Waals surface area contributed by atoms with Crippen LogP contribution in [0.1, 0.15) is 17.9 Å². The van der Waals surface area contributed by atoms with E-state index in [9.17, 15) is 10.1 Å².